The van der Waals surface area contributed by atoms with E-state index >= 15 is 0 Å². The topological polar surface area (TPSA) is 64.4 Å². The standard InChI is InChI=1S/C25H24N2O3/c1-15-5-7-22(18(4)10-15)29-14-24(28)26-20-6-8-23-21(13-20)27-25(30-23)19-11-16(2)9-17(3)12-19/h5-13H,14H2,1-4H3,(H,26,28). The van der Waals surface area contributed by atoms with E-state index in [2.05, 4.69) is 16.4 Å². The Hall–Kier alpha value is -3.60. The largest absolute Gasteiger partial charge is 0.483 e. The van der Waals surface area contributed by atoms with Crippen molar-refractivity contribution in [1.82, 2.24) is 4.98 Å². The van der Waals surface area contributed by atoms with Gasteiger partial charge in [0.15, 0.2) is 12.2 Å². The molecule has 0 atom stereocenters. The molecule has 0 bridgehead atoms. The van der Waals surface area contributed by atoms with Crippen LogP contribution in [-0.2, 0) is 4.79 Å². The Kier molecular flexibility index (Phi) is 5.27. The molecule has 152 valence electrons. The van der Waals surface area contributed by atoms with Gasteiger partial charge in [0, 0.05) is 11.3 Å². The average molecular weight is 400 g/mol. The van der Waals surface area contributed by atoms with Crippen LogP contribution in [0, 0.1) is 27.7 Å². The highest BCUT2D eigenvalue weighted by atomic mass is 16.5. The van der Waals surface area contributed by atoms with Crippen molar-refractivity contribution < 1.29 is 13.9 Å². The van der Waals surface area contributed by atoms with Gasteiger partial charge in [-0.15, -0.1) is 0 Å². The lowest BCUT2D eigenvalue weighted by Crippen LogP contribution is -2.20. The number of nitrogens with zero attached hydrogens (tertiary/aromatic N) is 1. The first-order chi connectivity index (χ1) is 14.4. The summed E-state index contributed by atoms with van der Waals surface area (Å²) in [6.07, 6.45) is 0. The van der Waals surface area contributed by atoms with Gasteiger partial charge >= 0.3 is 0 Å². The second kappa shape index (κ2) is 8.03. The number of hydrogen-bond donors (Lipinski definition) is 1. The van der Waals surface area contributed by atoms with Gasteiger partial charge in [-0.2, -0.15) is 0 Å². The van der Waals surface area contributed by atoms with Crippen LogP contribution in [-0.4, -0.2) is 17.5 Å². The van der Waals surface area contributed by atoms with Gasteiger partial charge in [0.2, 0.25) is 5.89 Å². The minimum Gasteiger partial charge on any atom is -0.483 e. The molecule has 5 nitrogen and oxygen atoms in total. The smallest absolute Gasteiger partial charge is 0.262 e. The molecular weight excluding hydrogens is 376 g/mol. The number of ether oxygens (including phenoxy) is 1. The molecule has 4 aromatic rings. The number of carbonyl (C=O) groups excluding carboxylic acids is 1. The second-order valence-electron chi connectivity index (χ2n) is 7.68. The highest BCUT2D eigenvalue weighted by molar-refractivity contribution is 5.94. The summed E-state index contributed by atoms with van der Waals surface area (Å²) in [6.45, 7) is 8.02. The van der Waals surface area contributed by atoms with E-state index in [1.54, 1.807) is 12.1 Å². The van der Waals surface area contributed by atoms with Crippen molar-refractivity contribution in [3.8, 4) is 17.2 Å². The molecule has 0 saturated heterocycles. The first-order valence-corrected chi connectivity index (χ1v) is 9.86. The quantitative estimate of drug-likeness (QED) is 0.463. The van der Waals surface area contributed by atoms with E-state index < -0.39 is 0 Å². The maximum Gasteiger partial charge on any atom is 0.262 e. The van der Waals surface area contributed by atoms with Gasteiger partial charge in [0.1, 0.15) is 11.3 Å². The van der Waals surface area contributed by atoms with E-state index in [4.69, 9.17) is 9.15 Å². The predicted octanol–water partition coefficient (Wildman–Crippen LogP) is 5.75. The lowest BCUT2D eigenvalue weighted by atomic mass is 10.1. The highest BCUT2D eigenvalue weighted by Crippen LogP contribution is 2.27. The third kappa shape index (κ3) is 4.35. The van der Waals surface area contributed by atoms with E-state index in [0.29, 0.717) is 28.4 Å². The van der Waals surface area contributed by atoms with Gasteiger partial charge in [-0.05, 0) is 69.7 Å². The third-order valence-electron chi connectivity index (χ3n) is 4.83. The first kappa shape index (κ1) is 19.7. The fourth-order valence-corrected chi connectivity index (χ4v) is 3.53. The SMILES string of the molecule is Cc1cc(C)cc(-c2nc3cc(NC(=O)COc4ccc(C)cc4C)ccc3o2)c1. The molecule has 4 rings (SSSR count). The summed E-state index contributed by atoms with van der Waals surface area (Å²) in [6, 6.07) is 17.5. The van der Waals surface area contributed by atoms with Gasteiger partial charge in [-0.3, -0.25) is 4.79 Å². The summed E-state index contributed by atoms with van der Waals surface area (Å²) in [4.78, 5) is 16.9. The Balaban J connectivity index is 1.47. The highest BCUT2D eigenvalue weighted by Gasteiger charge is 2.11. The minimum atomic E-state index is -0.229. The molecule has 5 heteroatoms. The van der Waals surface area contributed by atoms with Crippen molar-refractivity contribution in [3.63, 3.8) is 0 Å². The van der Waals surface area contributed by atoms with E-state index in [1.165, 1.54) is 0 Å². The molecule has 1 amide bonds. The van der Waals surface area contributed by atoms with Crippen molar-refractivity contribution in [2.75, 3.05) is 11.9 Å². The Morgan fingerprint density at radius 2 is 1.70 bits per heavy atom. The molecule has 1 aromatic heterocycles. The van der Waals surface area contributed by atoms with Crippen LogP contribution in [0.4, 0.5) is 5.69 Å². The number of carbonyl (C=O) groups is 1. The Morgan fingerprint density at radius 3 is 2.43 bits per heavy atom. The number of nitrogens with one attached hydrogen (secondary N) is 1. The monoisotopic (exact) mass is 400 g/mol. The van der Waals surface area contributed by atoms with Gasteiger partial charge in [-0.25, -0.2) is 4.98 Å². The van der Waals surface area contributed by atoms with Crippen LogP contribution in [0.5, 0.6) is 5.75 Å². The van der Waals surface area contributed by atoms with Crippen LogP contribution in [0.1, 0.15) is 22.3 Å². The molecule has 1 N–H and O–H groups in total. The van der Waals surface area contributed by atoms with Gasteiger partial charge in [0.25, 0.3) is 5.91 Å². The van der Waals surface area contributed by atoms with Crippen LogP contribution in [0.3, 0.4) is 0 Å². The van der Waals surface area contributed by atoms with Crippen molar-refractivity contribution in [2.24, 2.45) is 0 Å². The van der Waals surface area contributed by atoms with Crippen LogP contribution in [0.25, 0.3) is 22.6 Å². The fourth-order valence-electron chi connectivity index (χ4n) is 3.53. The number of anilines is 1. The van der Waals surface area contributed by atoms with Crippen LogP contribution in [0.15, 0.2) is 59.0 Å². The predicted molar refractivity (Wildman–Crippen MR) is 119 cm³/mol. The molecule has 0 fully saturated rings. The number of fused-ring (bicyclic) bond motifs is 1. The maximum absolute atomic E-state index is 12.3. The van der Waals surface area contributed by atoms with Gasteiger partial charge in [0.05, 0.1) is 0 Å². The molecule has 0 unspecified atom stereocenters. The zero-order valence-corrected chi connectivity index (χ0v) is 17.6. The van der Waals surface area contributed by atoms with E-state index in [1.807, 2.05) is 64.1 Å². The molecule has 0 aliphatic heterocycles. The zero-order valence-electron chi connectivity index (χ0n) is 17.6. The maximum atomic E-state index is 12.3. The number of rotatable bonds is 5. The number of aryl methyl sites for hydroxylation is 4. The number of benzene rings is 3. The minimum absolute atomic E-state index is 0.0609. The average Bonchev–Trinajstić information content (AvgIpc) is 3.10. The summed E-state index contributed by atoms with van der Waals surface area (Å²) in [5, 5.41) is 2.86. The molecule has 30 heavy (non-hydrogen) atoms. The van der Waals surface area contributed by atoms with Crippen molar-refractivity contribution in [2.45, 2.75) is 27.7 Å². The second-order valence-corrected chi connectivity index (χ2v) is 7.68. The van der Waals surface area contributed by atoms with Crippen molar-refractivity contribution in [3.05, 3.63) is 76.9 Å². The number of hydrogen-bond acceptors (Lipinski definition) is 4. The zero-order chi connectivity index (χ0) is 21.3. The molecule has 1 heterocycles. The Morgan fingerprint density at radius 1 is 0.933 bits per heavy atom. The number of amides is 1. The van der Waals surface area contributed by atoms with E-state index in [9.17, 15) is 4.79 Å². The Bertz CT molecular complexity index is 1220. The lowest BCUT2D eigenvalue weighted by Gasteiger charge is -2.10. The van der Waals surface area contributed by atoms with Crippen LogP contribution in [0.2, 0.25) is 0 Å². The lowest BCUT2D eigenvalue weighted by molar-refractivity contribution is -0.118. The first-order valence-electron chi connectivity index (χ1n) is 9.86. The summed E-state index contributed by atoms with van der Waals surface area (Å²) in [5.41, 5.74) is 7.43. The fraction of sp³-hybridized carbons (Fsp3) is 0.200. The van der Waals surface area contributed by atoms with Crippen LogP contribution >= 0.6 is 0 Å². The normalized spacial score (nSPS) is 10.9. The van der Waals surface area contributed by atoms with Gasteiger partial charge < -0.3 is 14.5 Å². The summed E-state index contributed by atoms with van der Waals surface area (Å²) < 4.78 is 11.6. The van der Waals surface area contributed by atoms with Crippen molar-refractivity contribution in [1.29, 1.82) is 0 Å². The molecule has 0 radical (unpaired) electrons. The number of aromatic nitrogens is 1. The molecule has 0 aliphatic carbocycles. The molecular formula is C25H24N2O3. The summed E-state index contributed by atoms with van der Waals surface area (Å²) >= 11 is 0. The Labute approximate surface area is 175 Å². The summed E-state index contributed by atoms with van der Waals surface area (Å²) in [7, 11) is 0. The molecule has 0 saturated carbocycles. The molecule has 3 aromatic carbocycles. The number of oxazole rings is 1. The van der Waals surface area contributed by atoms with E-state index in [-0.39, 0.29) is 12.5 Å². The summed E-state index contributed by atoms with van der Waals surface area (Å²) in [5.74, 6) is 1.05. The van der Waals surface area contributed by atoms with Crippen LogP contribution < -0.4 is 10.1 Å². The molecule has 0 aliphatic rings. The van der Waals surface area contributed by atoms with E-state index in [0.717, 1.165) is 27.8 Å². The molecule has 0 spiro atoms. The van der Waals surface area contributed by atoms with Gasteiger partial charge in [-0.1, -0.05) is 34.9 Å². The third-order valence-corrected chi connectivity index (χ3v) is 4.83. The van der Waals surface area contributed by atoms with Crippen molar-refractivity contribution >= 4 is 22.7 Å².